The molecule has 0 aliphatic carbocycles. The van der Waals surface area contributed by atoms with E-state index in [1.54, 1.807) is 0 Å². The molecule has 1 aliphatic rings. The highest BCUT2D eigenvalue weighted by Crippen LogP contribution is 2.30. The predicted molar refractivity (Wildman–Crippen MR) is 85.9 cm³/mol. The van der Waals surface area contributed by atoms with E-state index >= 15 is 0 Å². The molecule has 2 aromatic rings. The average Bonchev–Trinajstić information content (AvgIpc) is 2.48. The molecule has 5 heteroatoms. The van der Waals surface area contributed by atoms with Crippen molar-refractivity contribution in [3.05, 3.63) is 40.4 Å². The van der Waals surface area contributed by atoms with E-state index in [0.29, 0.717) is 11.2 Å². The summed E-state index contributed by atoms with van der Waals surface area (Å²) in [5.41, 5.74) is 0.788. The molecule has 1 atom stereocenters. The van der Waals surface area contributed by atoms with E-state index in [4.69, 9.17) is 11.6 Å². The Morgan fingerprint density at radius 2 is 2.05 bits per heavy atom. The second-order valence-electron chi connectivity index (χ2n) is 5.12. The number of fused-ring (bicyclic) bond motifs is 1. The van der Waals surface area contributed by atoms with Crippen LogP contribution in [-0.4, -0.2) is 21.1 Å². The number of hydrogen-bond acceptors (Lipinski definition) is 3. The average molecular weight is 309 g/mol. The Hall–Kier alpha value is -1.00. The number of halogens is 1. The maximum absolute atomic E-state index is 12.8. The molecule has 1 aliphatic heterocycles. The molecule has 1 aromatic carbocycles. The molecule has 3 rings (SSSR count). The first-order chi connectivity index (χ1) is 9.68. The van der Waals surface area contributed by atoms with Gasteiger partial charge in [0.1, 0.15) is 5.82 Å². The lowest BCUT2D eigenvalue weighted by Crippen LogP contribution is -2.31. The molecule has 0 spiro atoms. The van der Waals surface area contributed by atoms with Crippen LogP contribution in [0.4, 0.5) is 0 Å². The summed E-state index contributed by atoms with van der Waals surface area (Å²) in [5.74, 6) is 2.90. The van der Waals surface area contributed by atoms with E-state index in [2.05, 4.69) is 4.98 Å². The van der Waals surface area contributed by atoms with E-state index < -0.39 is 0 Å². The second kappa shape index (κ2) is 5.78. The Kier molecular flexibility index (Phi) is 4.03. The van der Waals surface area contributed by atoms with Crippen LogP contribution in [0.1, 0.15) is 37.0 Å². The molecule has 0 saturated carbocycles. The molecule has 0 amide bonds. The summed E-state index contributed by atoms with van der Waals surface area (Å²) in [4.78, 5) is 17.4. The zero-order valence-corrected chi connectivity index (χ0v) is 13.0. The van der Waals surface area contributed by atoms with Crippen molar-refractivity contribution >= 4 is 34.3 Å². The third-order valence-electron chi connectivity index (χ3n) is 3.75. The van der Waals surface area contributed by atoms with Crippen molar-refractivity contribution in [2.24, 2.45) is 0 Å². The third-order valence-corrected chi connectivity index (χ3v) is 4.99. The van der Waals surface area contributed by atoms with Crippen molar-refractivity contribution in [1.29, 1.82) is 0 Å². The van der Waals surface area contributed by atoms with Crippen LogP contribution >= 0.6 is 23.4 Å². The Morgan fingerprint density at radius 3 is 2.75 bits per heavy atom. The fourth-order valence-corrected chi connectivity index (χ4v) is 3.98. The third kappa shape index (κ3) is 2.47. The first-order valence-corrected chi connectivity index (χ1v) is 8.50. The molecule has 1 aromatic heterocycles. The van der Waals surface area contributed by atoms with Gasteiger partial charge in [0, 0.05) is 6.04 Å². The lowest BCUT2D eigenvalue weighted by atomic mass is 10.1. The van der Waals surface area contributed by atoms with E-state index in [-0.39, 0.29) is 17.0 Å². The predicted octanol–water partition coefficient (Wildman–Crippen LogP) is 3.76. The molecular formula is C15H17ClN2OS. The van der Waals surface area contributed by atoms with E-state index in [1.807, 2.05) is 47.5 Å². The molecule has 20 heavy (non-hydrogen) atoms. The van der Waals surface area contributed by atoms with Gasteiger partial charge in [0.2, 0.25) is 0 Å². The van der Waals surface area contributed by atoms with Crippen molar-refractivity contribution in [1.82, 2.24) is 9.55 Å². The Balaban J connectivity index is 2.24. The topological polar surface area (TPSA) is 34.9 Å². The monoisotopic (exact) mass is 308 g/mol. The highest BCUT2D eigenvalue weighted by Gasteiger charge is 2.23. The number of aromatic nitrogens is 2. The summed E-state index contributed by atoms with van der Waals surface area (Å²) >= 11 is 8.22. The first kappa shape index (κ1) is 14.0. The molecule has 1 saturated heterocycles. The van der Waals surface area contributed by atoms with Crippen LogP contribution in [0.2, 0.25) is 0 Å². The first-order valence-electron chi connectivity index (χ1n) is 6.91. The molecule has 0 bridgehead atoms. The van der Waals surface area contributed by atoms with Gasteiger partial charge in [0.05, 0.1) is 16.3 Å². The summed E-state index contributed by atoms with van der Waals surface area (Å²) in [6.45, 7) is 1.88. The maximum Gasteiger partial charge on any atom is 0.261 e. The molecule has 1 fully saturated rings. The van der Waals surface area contributed by atoms with Crippen molar-refractivity contribution in [2.45, 2.75) is 31.2 Å². The van der Waals surface area contributed by atoms with Gasteiger partial charge in [-0.3, -0.25) is 9.36 Å². The van der Waals surface area contributed by atoms with E-state index in [1.165, 1.54) is 0 Å². The summed E-state index contributed by atoms with van der Waals surface area (Å²) in [7, 11) is 0. The van der Waals surface area contributed by atoms with Crippen molar-refractivity contribution in [2.75, 3.05) is 11.5 Å². The van der Waals surface area contributed by atoms with Gasteiger partial charge >= 0.3 is 0 Å². The van der Waals surface area contributed by atoms with Crippen LogP contribution in [0, 0.1) is 0 Å². The Morgan fingerprint density at radius 1 is 1.35 bits per heavy atom. The molecular weight excluding hydrogens is 292 g/mol. The number of para-hydroxylation sites is 1. The Bertz CT molecular complexity index is 677. The highest BCUT2D eigenvalue weighted by molar-refractivity contribution is 7.99. The number of hydrogen-bond donors (Lipinski definition) is 0. The van der Waals surface area contributed by atoms with Gasteiger partial charge < -0.3 is 0 Å². The summed E-state index contributed by atoms with van der Waals surface area (Å²) in [5, 5.41) is 0.425. The SMILES string of the molecule is CC(Cl)c1nc2ccccc2c(=O)n1C1CCSCC1. The molecule has 2 heterocycles. The van der Waals surface area contributed by atoms with Gasteiger partial charge in [-0.05, 0) is 43.4 Å². The summed E-state index contributed by atoms with van der Waals surface area (Å²) in [6, 6.07) is 7.74. The minimum absolute atomic E-state index is 0.0509. The minimum Gasteiger partial charge on any atom is -0.292 e. The fourth-order valence-electron chi connectivity index (χ4n) is 2.74. The standard InChI is InChI=1S/C15H17ClN2OS/c1-10(16)14-17-13-5-3-2-4-12(13)15(19)18(14)11-6-8-20-9-7-11/h2-5,10-11H,6-9H2,1H3. The Labute approximate surface area is 127 Å². The van der Waals surface area contributed by atoms with Crippen LogP contribution in [0.25, 0.3) is 10.9 Å². The summed E-state index contributed by atoms with van der Waals surface area (Å²) < 4.78 is 1.85. The van der Waals surface area contributed by atoms with Gasteiger partial charge in [0.25, 0.3) is 5.56 Å². The number of nitrogens with zero attached hydrogens (tertiary/aromatic N) is 2. The number of alkyl halides is 1. The van der Waals surface area contributed by atoms with Crippen LogP contribution < -0.4 is 5.56 Å². The number of benzene rings is 1. The zero-order chi connectivity index (χ0) is 14.1. The molecule has 0 N–H and O–H groups in total. The molecule has 106 valence electrons. The van der Waals surface area contributed by atoms with Gasteiger partial charge in [-0.25, -0.2) is 4.98 Å². The quantitative estimate of drug-likeness (QED) is 0.792. The molecule has 1 unspecified atom stereocenters. The van der Waals surface area contributed by atoms with Crippen LogP contribution in [0.5, 0.6) is 0 Å². The van der Waals surface area contributed by atoms with Crippen molar-refractivity contribution in [3.8, 4) is 0 Å². The number of thioether (sulfide) groups is 1. The minimum atomic E-state index is -0.262. The summed E-state index contributed by atoms with van der Waals surface area (Å²) in [6.07, 6.45) is 2.03. The lowest BCUT2D eigenvalue weighted by molar-refractivity contribution is 0.436. The van der Waals surface area contributed by atoms with Gasteiger partial charge in [-0.1, -0.05) is 12.1 Å². The van der Waals surface area contributed by atoms with Crippen LogP contribution in [0.3, 0.4) is 0 Å². The number of rotatable bonds is 2. The maximum atomic E-state index is 12.8. The van der Waals surface area contributed by atoms with Crippen LogP contribution in [0.15, 0.2) is 29.1 Å². The van der Waals surface area contributed by atoms with Crippen molar-refractivity contribution < 1.29 is 0 Å². The largest absolute Gasteiger partial charge is 0.292 e. The van der Waals surface area contributed by atoms with Gasteiger partial charge in [-0.15, -0.1) is 11.6 Å². The lowest BCUT2D eigenvalue weighted by Gasteiger charge is -2.27. The normalized spacial score (nSPS) is 18.3. The zero-order valence-electron chi connectivity index (χ0n) is 11.4. The van der Waals surface area contributed by atoms with Crippen LogP contribution in [-0.2, 0) is 0 Å². The molecule has 3 nitrogen and oxygen atoms in total. The van der Waals surface area contributed by atoms with E-state index in [9.17, 15) is 4.79 Å². The van der Waals surface area contributed by atoms with Gasteiger partial charge in [-0.2, -0.15) is 11.8 Å². The van der Waals surface area contributed by atoms with E-state index in [0.717, 1.165) is 29.9 Å². The second-order valence-corrected chi connectivity index (χ2v) is 7.00. The molecule has 0 radical (unpaired) electrons. The smallest absolute Gasteiger partial charge is 0.261 e. The van der Waals surface area contributed by atoms with Gasteiger partial charge in [0.15, 0.2) is 0 Å². The highest BCUT2D eigenvalue weighted by atomic mass is 35.5. The fraction of sp³-hybridized carbons (Fsp3) is 0.467. The van der Waals surface area contributed by atoms with Crippen molar-refractivity contribution in [3.63, 3.8) is 0 Å².